The largest absolute Gasteiger partial charge is 0.417 e. The van der Waals surface area contributed by atoms with Crippen LogP contribution in [0.3, 0.4) is 0 Å². The molecular weight excluding hydrogens is 254 g/mol. The smallest absolute Gasteiger partial charge is 0.210 e. The SMILES string of the molecule is CC[Si](CC)OCCCCCCCCCCN=[N+]=[N-]. The van der Waals surface area contributed by atoms with Crippen molar-refractivity contribution in [3.8, 4) is 0 Å². The van der Waals surface area contributed by atoms with Crippen LogP contribution >= 0.6 is 0 Å². The zero-order valence-electron chi connectivity index (χ0n) is 12.7. The summed E-state index contributed by atoms with van der Waals surface area (Å²) in [4.78, 5) is 2.75. The average Bonchev–Trinajstić information content (AvgIpc) is 2.44. The molecule has 0 atom stereocenters. The van der Waals surface area contributed by atoms with E-state index >= 15 is 0 Å². The van der Waals surface area contributed by atoms with Crippen LogP contribution in [0.1, 0.15) is 65.2 Å². The van der Waals surface area contributed by atoms with Gasteiger partial charge in [0, 0.05) is 18.1 Å². The molecule has 0 bridgehead atoms. The Hall–Kier alpha value is -0.513. The summed E-state index contributed by atoms with van der Waals surface area (Å²) < 4.78 is 5.89. The fourth-order valence-corrected chi connectivity index (χ4v) is 3.40. The molecule has 0 amide bonds. The Balaban J connectivity index is 3.08. The van der Waals surface area contributed by atoms with Crippen molar-refractivity contribution in [2.24, 2.45) is 5.11 Å². The zero-order valence-corrected chi connectivity index (χ0v) is 13.7. The summed E-state index contributed by atoms with van der Waals surface area (Å²) in [6.45, 7) is 6.11. The lowest BCUT2D eigenvalue weighted by Gasteiger charge is -2.10. The molecular formula is C14H30N3OSi. The van der Waals surface area contributed by atoms with Crippen molar-refractivity contribution in [1.29, 1.82) is 0 Å². The van der Waals surface area contributed by atoms with Crippen molar-refractivity contribution in [2.75, 3.05) is 13.2 Å². The Bertz CT molecular complexity index is 229. The van der Waals surface area contributed by atoms with Crippen molar-refractivity contribution >= 4 is 9.04 Å². The van der Waals surface area contributed by atoms with Gasteiger partial charge in [-0.05, 0) is 30.5 Å². The van der Waals surface area contributed by atoms with E-state index in [0.717, 1.165) is 13.0 Å². The molecule has 5 heteroatoms. The van der Waals surface area contributed by atoms with E-state index in [1.807, 2.05) is 0 Å². The predicted molar refractivity (Wildman–Crippen MR) is 83.6 cm³/mol. The van der Waals surface area contributed by atoms with Gasteiger partial charge in [-0.15, -0.1) is 0 Å². The molecule has 111 valence electrons. The van der Waals surface area contributed by atoms with E-state index in [4.69, 9.17) is 9.96 Å². The standard InChI is InChI=1S/C14H30N3OSi/c1-3-19(4-2)18-14-12-10-8-6-5-7-9-11-13-16-17-15/h3-14H2,1-2H3. The van der Waals surface area contributed by atoms with Crippen molar-refractivity contribution in [1.82, 2.24) is 0 Å². The predicted octanol–water partition coefficient (Wildman–Crippen LogP) is 5.47. The zero-order chi connectivity index (χ0) is 14.2. The lowest BCUT2D eigenvalue weighted by atomic mass is 10.1. The maximum Gasteiger partial charge on any atom is 0.210 e. The monoisotopic (exact) mass is 284 g/mol. The van der Waals surface area contributed by atoms with Gasteiger partial charge in [-0.25, -0.2) is 0 Å². The number of nitrogens with zero attached hydrogens (tertiary/aromatic N) is 3. The third-order valence-corrected chi connectivity index (χ3v) is 5.50. The van der Waals surface area contributed by atoms with Crippen LogP contribution in [0.4, 0.5) is 0 Å². The first-order chi connectivity index (χ1) is 9.35. The van der Waals surface area contributed by atoms with E-state index < -0.39 is 9.04 Å². The van der Waals surface area contributed by atoms with Gasteiger partial charge in [0.1, 0.15) is 0 Å². The molecule has 0 heterocycles. The second-order valence-corrected chi connectivity index (χ2v) is 7.66. The molecule has 0 aromatic rings. The Labute approximate surface area is 120 Å². The molecule has 0 rings (SSSR count). The molecule has 0 saturated heterocycles. The third-order valence-electron chi connectivity index (χ3n) is 3.31. The number of hydrogen-bond acceptors (Lipinski definition) is 2. The van der Waals surface area contributed by atoms with Gasteiger partial charge in [0.15, 0.2) is 0 Å². The van der Waals surface area contributed by atoms with Gasteiger partial charge in [-0.1, -0.05) is 57.5 Å². The van der Waals surface area contributed by atoms with Crippen LogP contribution in [0.2, 0.25) is 12.1 Å². The first-order valence-electron chi connectivity index (χ1n) is 7.83. The highest BCUT2D eigenvalue weighted by Crippen LogP contribution is 2.09. The average molecular weight is 284 g/mol. The van der Waals surface area contributed by atoms with Gasteiger partial charge < -0.3 is 4.43 Å². The number of unbranched alkanes of at least 4 members (excludes halogenated alkanes) is 7. The minimum Gasteiger partial charge on any atom is -0.417 e. The Morgan fingerprint density at radius 2 is 1.42 bits per heavy atom. The van der Waals surface area contributed by atoms with E-state index in [2.05, 4.69) is 23.9 Å². The van der Waals surface area contributed by atoms with Crippen LogP contribution in [0.15, 0.2) is 5.11 Å². The van der Waals surface area contributed by atoms with Crippen molar-refractivity contribution in [3.63, 3.8) is 0 Å². The fraction of sp³-hybridized carbons (Fsp3) is 1.00. The van der Waals surface area contributed by atoms with E-state index in [1.54, 1.807) is 0 Å². The molecule has 0 saturated carbocycles. The summed E-state index contributed by atoms with van der Waals surface area (Å²) in [6, 6.07) is 2.47. The van der Waals surface area contributed by atoms with Gasteiger partial charge in [-0.2, -0.15) is 0 Å². The summed E-state index contributed by atoms with van der Waals surface area (Å²) in [5.74, 6) is 0. The maximum atomic E-state index is 8.13. The van der Waals surface area contributed by atoms with Gasteiger partial charge in [0.2, 0.25) is 9.04 Å². The first kappa shape index (κ1) is 18.5. The molecule has 0 fully saturated rings. The van der Waals surface area contributed by atoms with Crippen LogP contribution in [0.25, 0.3) is 10.4 Å². The molecule has 0 unspecified atom stereocenters. The lowest BCUT2D eigenvalue weighted by molar-refractivity contribution is 0.305. The van der Waals surface area contributed by atoms with E-state index in [0.29, 0.717) is 6.54 Å². The van der Waals surface area contributed by atoms with Gasteiger partial charge in [0.25, 0.3) is 0 Å². The van der Waals surface area contributed by atoms with Gasteiger partial charge >= 0.3 is 0 Å². The summed E-state index contributed by atoms with van der Waals surface area (Å²) >= 11 is 0. The summed E-state index contributed by atoms with van der Waals surface area (Å²) in [7, 11) is -0.470. The van der Waals surface area contributed by atoms with Gasteiger partial charge in [0.05, 0.1) is 0 Å². The molecule has 0 aliphatic heterocycles. The fourth-order valence-electron chi connectivity index (χ4n) is 2.06. The molecule has 0 spiro atoms. The van der Waals surface area contributed by atoms with Gasteiger partial charge in [-0.3, -0.25) is 0 Å². The maximum absolute atomic E-state index is 8.13. The second kappa shape index (κ2) is 15.5. The minimum absolute atomic E-state index is 0.470. The second-order valence-electron chi connectivity index (χ2n) is 4.88. The Morgan fingerprint density at radius 1 is 0.895 bits per heavy atom. The quantitative estimate of drug-likeness (QED) is 0.137. The van der Waals surface area contributed by atoms with Crippen LogP contribution in [-0.4, -0.2) is 22.2 Å². The number of rotatable bonds is 14. The van der Waals surface area contributed by atoms with E-state index in [1.165, 1.54) is 57.0 Å². The molecule has 1 radical (unpaired) electrons. The van der Waals surface area contributed by atoms with Crippen LogP contribution in [0, 0.1) is 0 Å². The normalized spacial score (nSPS) is 10.7. The molecule has 0 aliphatic rings. The van der Waals surface area contributed by atoms with E-state index in [-0.39, 0.29) is 0 Å². The van der Waals surface area contributed by atoms with Crippen molar-refractivity contribution < 1.29 is 4.43 Å². The third kappa shape index (κ3) is 13.7. The minimum atomic E-state index is -0.470. The number of azide groups is 1. The molecule has 0 aromatic heterocycles. The molecule has 4 nitrogen and oxygen atoms in total. The molecule has 19 heavy (non-hydrogen) atoms. The van der Waals surface area contributed by atoms with E-state index in [9.17, 15) is 0 Å². The van der Waals surface area contributed by atoms with Crippen molar-refractivity contribution in [3.05, 3.63) is 10.4 Å². The highest BCUT2D eigenvalue weighted by molar-refractivity contribution is 6.51. The summed E-state index contributed by atoms with van der Waals surface area (Å²) in [5, 5.41) is 3.54. The lowest BCUT2D eigenvalue weighted by Crippen LogP contribution is -2.15. The highest BCUT2D eigenvalue weighted by atomic mass is 28.3. The van der Waals surface area contributed by atoms with Crippen LogP contribution < -0.4 is 0 Å². The Morgan fingerprint density at radius 3 is 1.95 bits per heavy atom. The first-order valence-corrected chi connectivity index (χ1v) is 9.65. The summed E-state index contributed by atoms with van der Waals surface area (Å²) in [6.07, 6.45) is 10.0. The molecule has 0 aliphatic carbocycles. The molecule has 0 aromatic carbocycles. The topological polar surface area (TPSA) is 58.0 Å². The summed E-state index contributed by atoms with van der Waals surface area (Å²) in [5.41, 5.74) is 8.13. The van der Waals surface area contributed by atoms with Crippen molar-refractivity contribution in [2.45, 2.75) is 77.3 Å². The van der Waals surface area contributed by atoms with Crippen LogP contribution in [-0.2, 0) is 4.43 Å². The Kier molecular flexibility index (Phi) is 15.1. The number of hydrogen-bond donors (Lipinski definition) is 0. The van der Waals surface area contributed by atoms with Crippen LogP contribution in [0.5, 0.6) is 0 Å². The highest BCUT2D eigenvalue weighted by Gasteiger charge is 2.05. The molecule has 0 N–H and O–H groups in total.